The van der Waals surface area contributed by atoms with E-state index in [1.54, 1.807) is 0 Å². The SMILES string of the molecule is C(#Cc1nc2ccccc2[nH]1)CN1CCC2=C(CN(Cc3cc4ccccc4s3)C=N2)C1. The van der Waals surface area contributed by atoms with Crippen molar-refractivity contribution in [3.8, 4) is 11.8 Å². The highest BCUT2D eigenvalue weighted by molar-refractivity contribution is 7.19. The second-order valence-corrected chi connectivity index (χ2v) is 9.48. The normalized spacial score (nSPS) is 16.4. The van der Waals surface area contributed by atoms with Crippen LogP contribution in [0, 0.1) is 11.8 Å². The Morgan fingerprint density at radius 1 is 1.06 bits per heavy atom. The molecule has 2 aromatic carbocycles. The molecule has 4 heterocycles. The van der Waals surface area contributed by atoms with Crippen LogP contribution in [0.15, 0.2) is 70.9 Å². The van der Waals surface area contributed by atoms with E-state index in [2.05, 4.69) is 61.9 Å². The zero-order valence-electron chi connectivity index (χ0n) is 17.7. The summed E-state index contributed by atoms with van der Waals surface area (Å²) in [5.74, 6) is 7.23. The van der Waals surface area contributed by atoms with Gasteiger partial charge in [0.2, 0.25) is 0 Å². The summed E-state index contributed by atoms with van der Waals surface area (Å²) in [5.41, 5.74) is 4.68. The van der Waals surface area contributed by atoms with Crippen LogP contribution in [0.1, 0.15) is 17.1 Å². The molecule has 2 aliphatic heterocycles. The second-order valence-electron chi connectivity index (χ2n) is 8.32. The smallest absolute Gasteiger partial charge is 0.183 e. The maximum absolute atomic E-state index is 4.78. The van der Waals surface area contributed by atoms with Crippen LogP contribution in [0.25, 0.3) is 21.1 Å². The molecule has 0 radical (unpaired) electrons. The number of aliphatic imine (C=N–C) groups is 1. The van der Waals surface area contributed by atoms with Gasteiger partial charge in [-0.3, -0.25) is 4.90 Å². The van der Waals surface area contributed by atoms with Crippen molar-refractivity contribution in [1.82, 2.24) is 19.8 Å². The molecule has 6 rings (SSSR count). The van der Waals surface area contributed by atoms with E-state index in [4.69, 9.17) is 4.99 Å². The number of hydrogen-bond acceptors (Lipinski definition) is 5. The largest absolute Gasteiger partial charge is 0.353 e. The van der Waals surface area contributed by atoms with Crippen molar-refractivity contribution in [3.05, 3.63) is 76.6 Å². The fourth-order valence-corrected chi connectivity index (χ4v) is 5.50. The van der Waals surface area contributed by atoms with Gasteiger partial charge in [-0.2, -0.15) is 0 Å². The third-order valence-corrected chi connectivity index (χ3v) is 7.09. The Bertz CT molecular complexity index is 1350. The van der Waals surface area contributed by atoms with Gasteiger partial charge in [0.25, 0.3) is 0 Å². The minimum Gasteiger partial charge on any atom is -0.353 e. The number of aromatic amines is 1. The summed E-state index contributed by atoms with van der Waals surface area (Å²) in [6.07, 6.45) is 3.02. The van der Waals surface area contributed by atoms with E-state index in [1.165, 1.54) is 26.2 Å². The van der Waals surface area contributed by atoms with Crippen molar-refractivity contribution >= 4 is 38.8 Å². The molecule has 5 nitrogen and oxygen atoms in total. The average Bonchev–Trinajstić information content (AvgIpc) is 3.41. The summed E-state index contributed by atoms with van der Waals surface area (Å²) in [6.45, 7) is 4.53. The van der Waals surface area contributed by atoms with E-state index >= 15 is 0 Å². The molecule has 2 aromatic heterocycles. The van der Waals surface area contributed by atoms with Crippen LogP contribution in [0.3, 0.4) is 0 Å². The lowest BCUT2D eigenvalue weighted by Gasteiger charge is -2.33. The summed E-state index contributed by atoms with van der Waals surface area (Å²) < 4.78 is 1.35. The van der Waals surface area contributed by atoms with E-state index in [0.29, 0.717) is 0 Å². The number of hydrogen-bond donors (Lipinski definition) is 1. The Morgan fingerprint density at radius 2 is 1.97 bits per heavy atom. The lowest BCUT2D eigenvalue weighted by molar-refractivity contribution is 0.301. The maximum Gasteiger partial charge on any atom is 0.183 e. The summed E-state index contributed by atoms with van der Waals surface area (Å²) in [5, 5.41) is 1.33. The number of nitrogens with one attached hydrogen (secondary N) is 1. The lowest BCUT2D eigenvalue weighted by atomic mass is 10.0. The Morgan fingerprint density at radius 3 is 2.91 bits per heavy atom. The third kappa shape index (κ3) is 3.93. The topological polar surface area (TPSA) is 47.5 Å². The molecule has 0 amide bonds. The quantitative estimate of drug-likeness (QED) is 0.475. The molecule has 0 bridgehead atoms. The fourth-order valence-electron chi connectivity index (χ4n) is 4.41. The molecule has 0 atom stereocenters. The monoisotopic (exact) mass is 437 g/mol. The van der Waals surface area contributed by atoms with Gasteiger partial charge in [-0.15, -0.1) is 11.3 Å². The Balaban J connectivity index is 1.09. The molecule has 0 unspecified atom stereocenters. The number of nitrogens with zero attached hydrogens (tertiary/aromatic N) is 4. The number of imidazole rings is 1. The van der Waals surface area contributed by atoms with Crippen LogP contribution in [0.2, 0.25) is 0 Å². The molecule has 4 aromatic rings. The summed E-state index contributed by atoms with van der Waals surface area (Å²) in [4.78, 5) is 18.7. The molecule has 0 saturated heterocycles. The van der Waals surface area contributed by atoms with Crippen molar-refractivity contribution < 1.29 is 0 Å². The highest BCUT2D eigenvalue weighted by Crippen LogP contribution is 2.28. The van der Waals surface area contributed by atoms with Gasteiger partial charge < -0.3 is 9.88 Å². The Kier molecular flexibility index (Phi) is 4.99. The van der Waals surface area contributed by atoms with Gasteiger partial charge >= 0.3 is 0 Å². The number of thiophene rings is 1. The number of rotatable bonds is 3. The standard InChI is InChI=1S/C26H23N5S/c1-4-9-25-19(6-1)14-21(32-25)17-31-16-20-15-30(13-11-22(20)27-18-31)12-5-10-26-28-23-7-2-3-8-24(23)29-26/h1-4,6-9,14,18H,11-13,15-17H2,(H,28,29). The predicted octanol–water partition coefficient (Wildman–Crippen LogP) is 4.63. The van der Waals surface area contributed by atoms with Crippen molar-refractivity contribution in [3.63, 3.8) is 0 Å². The Hall–Kier alpha value is -3.40. The number of fused-ring (bicyclic) bond motifs is 2. The average molecular weight is 438 g/mol. The summed E-state index contributed by atoms with van der Waals surface area (Å²) >= 11 is 1.87. The van der Waals surface area contributed by atoms with Gasteiger partial charge in [0.1, 0.15) is 0 Å². The molecule has 32 heavy (non-hydrogen) atoms. The van der Waals surface area contributed by atoms with E-state index in [1.807, 2.05) is 41.9 Å². The van der Waals surface area contributed by atoms with Crippen LogP contribution < -0.4 is 0 Å². The summed E-state index contributed by atoms with van der Waals surface area (Å²) in [6, 6.07) is 18.9. The minimum atomic E-state index is 0.736. The number of aromatic nitrogens is 2. The van der Waals surface area contributed by atoms with E-state index in [-0.39, 0.29) is 0 Å². The molecule has 1 N–H and O–H groups in total. The first-order valence-corrected chi connectivity index (χ1v) is 11.7. The zero-order chi connectivity index (χ0) is 21.3. The van der Waals surface area contributed by atoms with E-state index in [0.717, 1.165) is 56.0 Å². The molecular weight excluding hydrogens is 414 g/mol. The first kappa shape index (κ1) is 19.3. The van der Waals surface area contributed by atoms with Crippen molar-refractivity contribution in [1.29, 1.82) is 0 Å². The molecular formula is C26H23N5S. The van der Waals surface area contributed by atoms with E-state index < -0.39 is 0 Å². The highest BCUT2D eigenvalue weighted by Gasteiger charge is 2.22. The zero-order valence-corrected chi connectivity index (χ0v) is 18.5. The van der Waals surface area contributed by atoms with Crippen LogP contribution in [-0.2, 0) is 6.54 Å². The second kappa shape index (κ2) is 8.27. The minimum absolute atomic E-state index is 0.736. The van der Waals surface area contributed by atoms with Crippen LogP contribution in [0.5, 0.6) is 0 Å². The molecule has 2 aliphatic rings. The van der Waals surface area contributed by atoms with Gasteiger partial charge in [-0.25, -0.2) is 9.98 Å². The van der Waals surface area contributed by atoms with Gasteiger partial charge in [-0.1, -0.05) is 36.3 Å². The molecule has 0 fully saturated rings. The van der Waals surface area contributed by atoms with Gasteiger partial charge in [0, 0.05) is 41.3 Å². The van der Waals surface area contributed by atoms with Crippen LogP contribution in [0.4, 0.5) is 0 Å². The fraction of sp³-hybridized carbons (Fsp3) is 0.231. The number of H-pyrrole nitrogens is 1. The molecule has 0 spiro atoms. The number of benzene rings is 2. The first-order chi connectivity index (χ1) is 15.8. The Labute approximate surface area is 191 Å². The van der Waals surface area contributed by atoms with Crippen molar-refractivity contribution in [2.24, 2.45) is 4.99 Å². The third-order valence-electron chi connectivity index (χ3n) is 5.99. The molecule has 0 saturated carbocycles. The number of para-hydroxylation sites is 2. The van der Waals surface area contributed by atoms with Crippen molar-refractivity contribution in [2.45, 2.75) is 13.0 Å². The summed E-state index contributed by atoms with van der Waals surface area (Å²) in [7, 11) is 0. The first-order valence-electron chi connectivity index (χ1n) is 10.9. The predicted molar refractivity (Wildman–Crippen MR) is 132 cm³/mol. The van der Waals surface area contributed by atoms with Crippen LogP contribution >= 0.6 is 11.3 Å². The van der Waals surface area contributed by atoms with Gasteiger partial charge in [0.15, 0.2) is 5.82 Å². The molecule has 158 valence electrons. The van der Waals surface area contributed by atoms with Crippen LogP contribution in [-0.4, -0.2) is 52.3 Å². The molecule has 6 heteroatoms. The van der Waals surface area contributed by atoms with E-state index in [9.17, 15) is 0 Å². The molecule has 0 aliphatic carbocycles. The maximum atomic E-state index is 4.78. The highest BCUT2D eigenvalue weighted by atomic mass is 32.1. The van der Waals surface area contributed by atoms with Crippen molar-refractivity contribution in [2.75, 3.05) is 26.2 Å². The lowest BCUT2D eigenvalue weighted by Crippen LogP contribution is -2.38. The van der Waals surface area contributed by atoms with Gasteiger partial charge in [0.05, 0.1) is 30.5 Å². The van der Waals surface area contributed by atoms with Gasteiger partial charge in [-0.05, 0) is 41.1 Å².